The van der Waals surface area contributed by atoms with E-state index in [1.807, 2.05) is 0 Å². The molecule has 0 aliphatic heterocycles. The van der Waals surface area contributed by atoms with Gasteiger partial charge in [0.2, 0.25) is 0 Å². The second-order valence-corrected chi connectivity index (χ2v) is 4.03. The zero-order valence-electron chi connectivity index (χ0n) is 9.88. The van der Waals surface area contributed by atoms with E-state index < -0.39 is 35.8 Å². The van der Waals surface area contributed by atoms with Crippen LogP contribution in [0.2, 0.25) is 5.15 Å². The molecule has 0 aromatic carbocycles. The zero-order valence-corrected chi connectivity index (χ0v) is 10.6. The van der Waals surface area contributed by atoms with Crippen LogP contribution < -0.4 is 0 Å². The quantitative estimate of drug-likeness (QED) is 0.348. The van der Waals surface area contributed by atoms with Gasteiger partial charge in [-0.15, -0.1) is 0 Å². The maximum atomic E-state index is 12.3. The van der Waals surface area contributed by atoms with Crippen LogP contribution in [0.15, 0.2) is 12.1 Å². The Morgan fingerprint density at radius 2 is 2.00 bits per heavy atom. The number of Topliss-reactive ketones (excluding diaryl/α,β-unsaturated/α-hetero) is 1. The molecule has 0 atom stereocenters. The van der Waals surface area contributed by atoms with Gasteiger partial charge in [0, 0.05) is 6.42 Å². The van der Waals surface area contributed by atoms with Gasteiger partial charge in [-0.05, 0) is 12.1 Å². The number of aromatic nitrogens is 1. The number of pyridine rings is 1. The van der Waals surface area contributed by atoms with Crippen molar-refractivity contribution in [1.82, 2.24) is 4.98 Å². The van der Waals surface area contributed by atoms with Crippen molar-refractivity contribution in [1.29, 1.82) is 0 Å². The topological polar surface area (TPSA) is 39.2 Å². The summed E-state index contributed by atoms with van der Waals surface area (Å²) in [7, 11) is 0. The number of ketones is 1. The van der Waals surface area contributed by atoms with Crippen LogP contribution in [0.5, 0.6) is 0 Å². The highest BCUT2D eigenvalue weighted by molar-refractivity contribution is 6.32. The minimum absolute atomic E-state index is 0.208. The second-order valence-electron chi connectivity index (χ2n) is 3.67. The Balaban J connectivity index is 2.65. The van der Waals surface area contributed by atoms with Crippen molar-refractivity contribution in [3.63, 3.8) is 0 Å². The van der Waals surface area contributed by atoms with Gasteiger partial charge in [0.1, 0.15) is 17.5 Å². The minimum Gasteiger partial charge on any atom is -0.375 e. The molecule has 1 heterocycles. The van der Waals surface area contributed by atoms with Gasteiger partial charge >= 0.3 is 6.18 Å². The molecule has 20 heavy (non-hydrogen) atoms. The predicted molar refractivity (Wildman–Crippen MR) is 60.0 cm³/mol. The van der Waals surface area contributed by atoms with E-state index in [-0.39, 0.29) is 18.6 Å². The summed E-state index contributed by atoms with van der Waals surface area (Å²) in [6.45, 7) is -1.09. The summed E-state index contributed by atoms with van der Waals surface area (Å²) in [6, 6.07) is 1.52. The third-order valence-electron chi connectivity index (χ3n) is 2.16. The first-order chi connectivity index (χ1) is 9.21. The smallest absolute Gasteiger partial charge is 0.375 e. The average Bonchev–Trinajstić information content (AvgIpc) is 2.32. The average molecular weight is 318 g/mol. The van der Waals surface area contributed by atoms with E-state index in [9.17, 15) is 26.7 Å². The van der Waals surface area contributed by atoms with Gasteiger partial charge in [0.05, 0.1) is 12.2 Å². The van der Waals surface area contributed by atoms with Crippen molar-refractivity contribution in [3.05, 3.63) is 28.5 Å². The lowest BCUT2D eigenvalue weighted by atomic mass is 10.1. The van der Waals surface area contributed by atoms with Crippen LogP contribution in [0, 0.1) is 0 Å². The first kappa shape index (κ1) is 16.8. The fourth-order valence-electron chi connectivity index (χ4n) is 1.27. The fraction of sp³-hybridized carbons (Fsp3) is 0.455. The molecule has 112 valence electrons. The SMILES string of the molecule is O=C(CCOCC(F)F)c1ccc(C(F)(F)F)nc1Cl. The van der Waals surface area contributed by atoms with E-state index in [1.54, 1.807) is 0 Å². The van der Waals surface area contributed by atoms with Crippen LogP contribution in [-0.4, -0.2) is 30.4 Å². The van der Waals surface area contributed by atoms with Gasteiger partial charge in [-0.2, -0.15) is 13.2 Å². The molecule has 0 bridgehead atoms. The summed E-state index contributed by atoms with van der Waals surface area (Å²) >= 11 is 5.50. The van der Waals surface area contributed by atoms with Crippen LogP contribution in [0.25, 0.3) is 0 Å². The maximum Gasteiger partial charge on any atom is 0.433 e. The monoisotopic (exact) mass is 317 g/mol. The van der Waals surface area contributed by atoms with E-state index in [0.29, 0.717) is 6.07 Å². The number of carbonyl (C=O) groups is 1. The molecular formula is C11H9ClF5NO2. The van der Waals surface area contributed by atoms with Crippen molar-refractivity contribution in [2.75, 3.05) is 13.2 Å². The summed E-state index contributed by atoms with van der Waals surface area (Å²) in [5.74, 6) is -0.634. The third-order valence-corrected chi connectivity index (χ3v) is 2.44. The summed E-state index contributed by atoms with van der Waals surface area (Å²) in [6.07, 6.45) is -7.59. The van der Waals surface area contributed by atoms with E-state index in [4.69, 9.17) is 11.6 Å². The molecule has 0 spiro atoms. The Morgan fingerprint density at radius 1 is 1.35 bits per heavy atom. The van der Waals surface area contributed by atoms with Crippen molar-refractivity contribution >= 4 is 17.4 Å². The molecule has 0 amide bonds. The van der Waals surface area contributed by atoms with Gasteiger partial charge in [-0.1, -0.05) is 11.6 Å². The van der Waals surface area contributed by atoms with Gasteiger partial charge in [0.15, 0.2) is 5.78 Å². The third kappa shape index (κ3) is 5.01. The van der Waals surface area contributed by atoms with Crippen molar-refractivity contribution < 1.29 is 31.5 Å². The summed E-state index contributed by atoms with van der Waals surface area (Å²) in [4.78, 5) is 14.7. The molecule has 0 radical (unpaired) electrons. The number of alkyl halides is 5. The number of carbonyl (C=O) groups excluding carboxylic acids is 1. The lowest BCUT2D eigenvalue weighted by molar-refractivity contribution is -0.141. The second kappa shape index (κ2) is 6.94. The minimum atomic E-state index is -4.66. The standard InChI is InChI=1S/C11H9ClF5NO2/c12-10-6(1-2-8(18-10)11(15,16)17)7(19)3-4-20-5-9(13)14/h1-2,9H,3-5H2. The van der Waals surface area contributed by atoms with E-state index in [2.05, 4.69) is 9.72 Å². The van der Waals surface area contributed by atoms with Gasteiger partial charge in [0.25, 0.3) is 6.43 Å². The van der Waals surface area contributed by atoms with Crippen LogP contribution >= 0.6 is 11.6 Å². The van der Waals surface area contributed by atoms with E-state index in [0.717, 1.165) is 6.07 Å². The molecule has 1 aromatic heterocycles. The highest BCUT2D eigenvalue weighted by Crippen LogP contribution is 2.29. The molecule has 0 aliphatic rings. The Kier molecular flexibility index (Phi) is 5.82. The molecular weight excluding hydrogens is 309 g/mol. The Hall–Kier alpha value is -1.28. The molecule has 9 heteroatoms. The van der Waals surface area contributed by atoms with Crippen molar-refractivity contribution in [2.24, 2.45) is 0 Å². The van der Waals surface area contributed by atoms with Crippen LogP contribution in [0.4, 0.5) is 22.0 Å². The molecule has 3 nitrogen and oxygen atoms in total. The van der Waals surface area contributed by atoms with Gasteiger partial charge in [-0.3, -0.25) is 4.79 Å². The number of nitrogens with zero attached hydrogens (tertiary/aromatic N) is 1. The Labute approximate surface area is 115 Å². The molecule has 0 saturated heterocycles. The number of hydrogen-bond acceptors (Lipinski definition) is 3. The molecule has 0 unspecified atom stereocenters. The Morgan fingerprint density at radius 3 is 2.50 bits per heavy atom. The lowest BCUT2D eigenvalue weighted by Crippen LogP contribution is -2.12. The van der Waals surface area contributed by atoms with Crippen LogP contribution in [0.3, 0.4) is 0 Å². The van der Waals surface area contributed by atoms with Crippen molar-refractivity contribution in [3.8, 4) is 0 Å². The maximum absolute atomic E-state index is 12.3. The largest absolute Gasteiger partial charge is 0.433 e. The van der Waals surface area contributed by atoms with Crippen LogP contribution in [-0.2, 0) is 10.9 Å². The van der Waals surface area contributed by atoms with Crippen LogP contribution in [0.1, 0.15) is 22.5 Å². The van der Waals surface area contributed by atoms with E-state index in [1.165, 1.54) is 0 Å². The summed E-state index contributed by atoms with van der Waals surface area (Å²) in [5.41, 5.74) is -1.42. The molecule has 0 saturated carbocycles. The number of halogens is 6. The number of rotatable bonds is 6. The zero-order chi connectivity index (χ0) is 15.3. The van der Waals surface area contributed by atoms with E-state index >= 15 is 0 Å². The molecule has 1 rings (SSSR count). The lowest BCUT2D eigenvalue weighted by Gasteiger charge is -2.08. The molecule has 1 aromatic rings. The fourth-order valence-corrected chi connectivity index (χ4v) is 1.53. The first-order valence-electron chi connectivity index (χ1n) is 5.34. The summed E-state index contributed by atoms with van der Waals surface area (Å²) < 4.78 is 65.0. The van der Waals surface area contributed by atoms with Gasteiger partial charge in [-0.25, -0.2) is 13.8 Å². The molecule has 0 N–H and O–H groups in total. The van der Waals surface area contributed by atoms with Gasteiger partial charge < -0.3 is 4.74 Å². The first-order valence-corrected chi connectivity index (χ1v) is 5.72. The highest BCUT2D eigenvalue weighted by Gasteiger charge is 2.33. The predicted octanol–water partition coefficient (Wildman–Crippen LogP) is 3.61. The number of hydrogen-bond donors (Lipinski definition) is 0. The Bertz CT molecular complexity index is 478. The molecule has 0 fully saturated rings. The highest BCUT2D eigenvalue weighted by atomic mass is 35.5. The van der Waals surface area contributed by atoms with Crippen molar-refractivity contribution in [2.45, 2.75) is 19.0 Å². The number of ether oxygens (including phenoxy) is 1. The summed E-state index contributed by atoms with van der Waals surface area (Å²) in [5, 5.41) is -0.585. The molecule has 0 aliphatic carbocycles. The normalized spacial score (nSPS) is 11.9.